The van der Waals surface area contributed by atoms with Crippen LogP contribution in [0.1, 0.15) is 5.56 Å². The molecule has 0 heterocycles. The Hall–Kier alpha value is -1.46. The molecule has 21 heavy (non-hydrogen) atoms. The van der Waals surface area contributed by atoms with Gasteiger partial charge in [0.05, 0.1) is 6.34 Å². The van der Waals surface area contributed by atoms with Crippen molar-refractivity contribution in [3.63, 3.8) is 0 Å². The Morgan fingerprint density at radius 1 is 1.52 bits per heavy atom. The molecule has 0 unspecified atom stereocenters. The monoisotopic (exact) mass is 279 g/mol. The van der Waals surface area contributed by atoms with Crippen LogP contribution in [0.5, 0.6) is 5.75 Å². The molecule has 1 aromatic carbocycles. The summed E-state index contributed by atoms with van der Waals surface area (Å²) in [6.45, 7) is 4.78. The minimum absolute atomic E-state index is 0. The second kappa shape index (κ2) is 11.2. The fourth-order valence-electron chi connectivity index (χ4n) is 1.33. The van der Waals surface area contributed by atoms with Crippen molar-refractivity contribution in [2.75, 3.05) is 33.9 Å². The molecule has 0 radical (unpaired) electrons. The zero-order chi connectivity index (χ0) is 14.8. The van der Waals surface area contributed by atoms with Gasteiger partial charge in [-0.05, 0) is 12.3 Å². The second-order valence-corrected chi connectivity index (χ2v) is 4.06. The summed E-state index contributed by atoms with van der Waals surface area (Å²) in [4.78, 5) is 6.02. The molecule has 1 aromatic rings. The van der Waals surface area contributed by atoms with Gasteiger partial charge in [-0.1, -0.05) is 13.2 Å². The number of hydrogen-bond donors (Lipinski definition) is 0. The van der Waals surface area contributed by atoms with Gasteiger partial charge in [0.2, 0.25) is 0 Å². The standard InChI is InChI=1S/C15H18N3O2.Li/c1-4-19-9-6-10-20-15-8-5-7-14(13(15)11-16)17-12-18(2)3;/h5-7,12H,1,4,9-10H2,2-3H3;/q-3;+1. The van der Waals surface area contributed by atoms with Crippen LogP contribution in [-0.2, 0) is 4.74 Å². The number of nitrogens with zero attached hydrogens (tertiary/aromatic N) is 3. The van der Waals surface area contributed by atoms with Crippen LogP contribution < -0.4 is 23.6 Å². The largest absolute Gasteiger partial charge is 1.00 e. The molecule has 0 atom stereocenters. The number of nitriles is 1. The van der Waals surface area contributed by atoms with Crippen LogP contribution >= 0.6 is 0 Å². The molecule has 0 fully saturated rings. The molecule has 5 nitrogen and oxygen atoms in total. The first-order chi connectivity index (χ1) is 9.69. The second-order valence-electron chi connectivity index (χ2n) is 4.06. The molecule has 0 N–H and O–H groups in total. The van der Waals surface area contributed by atoms with Gasteiger partial charge in [-0.2, -0.15) is 6.07 Å². The third-order valence-corrected chi connectivity index (χ3v) is 2.20. The first-order valence-corrected chi connectivity index (χ1v) is 6.16. The van der Waals surface area contributed by atoms with Gasteiger partial charge in [0.25, 0.3) is 0 Å². The van der Waals surface area contributed by atoms with Gasteiger partial charge in [0, 0.05) is 31.5 Å². The summed E-state index contributed by atoms with van der Waals surface area (Å²) < 4.78 is 10.6. The van der Waals surface area contributed by atoms with E-state index in [1.807, 2.05) is 20.5 Å². The van der Waals surface area contributed by atoms with Gasteiger partial charge in [0.1, 0.15) is 0 Å². The zero-order valence-electron chi connectivity index (χ0n) is 12.8. The third kappa shape index (κ3) is 7.20. The van der Waals surface area contributed by atoms with Crippen molar-refractivity contribution in [3.8, 4) is 11.8 Å². The predicted molar refractivity (Wildman–Crippen MR) is 77.8 cm³/mol. The van der Waals surface area contributed by atoms with Crippen molar-refractivity contribution >= 4 is 12.0 Å². The minimum Gasteiger partial charge on any atom is -0.549 e. The molecule has 1 rings (SSSR count). The molecule has 0 aromatic heterocycles. The Balaban J connectivity index is 0.00000400. The summed E-state index contributed by atoms with van der Waals surface area (Å²) in [5.74, 6) is 0.395. The van der Waals surface area contributed by atoms with Gasteiger partial charge in [0.15, 0.2) is 0 Å². The number of aliphatic imine (C=N–C) groups is 1. The van der Waals surface area contributed by atoms with Crippen LogP contribution in [-0.4, -0.2) is 45.2 Å². The molecule has 0 amide bonds. The Morgan fingerprint density at radius 2 is 2.29 bits per heavy atom. The number of rotatable bonds is 8. The Bertz CT molecular complexity index is 484. The fraction of sp³-hybridized carbons (Fsp3) is 0.333. The molecule has 108 valence electrons. The van der Waals surface area contributed by atoms with Crippen molar-refractivity contribution in [2.24, 2.45) is 4.99 Å². The van der Waals surface area contributed by atoms with Crippen LogP contribution in [0.25, 0.3) is 0 Å². The van der Waals surface area contributed by atoms with Crippen LogP contribution in [0.2, 0.25) is 0 Å². The van der Waals surface area contributed by atoms with Crippen LogP contribution in [0.3, 0.4) is 0 Å². The quantitative estimate of drug-likeness (QED) is 0.202. The molecule has 0 saturated heterocycles. The molecular formula is C15H18LiN3O2-2. The van der Waals surface area contributed by atoms with E-state index in [1.165, 1.54) is 0 Å². The van der Waals surface area contributed by atoms with E-state index in [2.05, 4.69) is 24.1 Å². The van der Waals surface area contributed by atoms with Gasteiger partial charge < -0.3 is 21.3 Å². The predicted octanol–water partition coefficient (Wildman–Crippen LogP) is -0.982. The average molecular weight is 279 g/mol. The van der Waals surface area contributed by atoms with Crippen molar-refractivity contribution in [2.45, 2.75) is 0 Å². The topological polar surface area (TPSA) is 57.9 Å². The Labute approximate surface area is 138 Å². The van der Waals surface area contributed by atoms with Crippen molar-refractivity contribution in [1.82, 2.24) is 4.90 Å². The Morgan fingerprint density at radius 3 is 2.90 bits per heavy atom. The van der Waals surface area contributed by atoms with Gasteiger partial charge >= 0.3 is 18.9 Å². The van der Waals surface area contributed by atoms with Gasteiger partial charge in [-0.15, -0.1) is 12.1 Å². The molecule has 0 aliphatic carbocycles. The maximum Gasteiger partial charge on any atom is 1.00 e. The molecule has 6 heteroatoms. The van der Waals surface area contributed by atoms with Crippen LogP contribution in [0.15, 0.2) is 17.1 Å². The van der Waals surface area contributed by atoms with E-state index in [-0.39, 0.29) is 18.9 Å². The molecule has 0 aliphatic heterocycles. The van der Waals surface area contributed by atoms with E-state index >= 15 is 0 Å². The first-order valence-electron chi connectivity index (χ1n) is 6.16. The Kier molecular flexibility index (Phi) is 10.4. The summed E-state index contributed by atoms with van der Waals surface area (Å²) in [5, 5.41) is 9.22. The van der Waals surface area contributed by atoms with E-state index < -0.39 is 0 Å². The molecular weight excluding hydrogens is 261 g/mol. The number of ether oxygens (including phenoxy) is 2. The zero-order valence-corrected chi connectivity index (χ0v) is 12.8. The summed E-state index contributed by atoms with van der Waals surface area (Å²) in [6.07, 6.45) is 3.45. The van der Waals surface area contributed by atoms with Crippen molar-refractivity contribution in [1.29, 1.82) is 5.26 Å². The maximum atomic E-state index is 9.22. The summed E-state index contributed by atoms with van der Waals surface area (Å²) >= 11 is 0. The van der Waals surface area contributed by atoms with E-state index in [0.717, 1.165) is 0 Å². The fourth-order valence-corrected chi connectivity index (χ4v) is 1.33. The molecule has 0 bridgehead atoms. The minimum atomic E-state index is 0. The summed E-state index contributed by atoms with van der Waals surface area (Å²) in [5.41, 5.74) is 0.932. The number of hydrogen-bond acceptors (Lipinski definition) is 4. The van der Waals surface area contributed by atoms with Crippen LogP contribution in [0, 0.1) is 30.7 Å². The van der Waals surface area contributed by atoms with Crippen molar-refractivity contribution in [3.05, 3.63) is 37.1 Å². The van der Waals surface area contributed by atoms with Crippen LogP contribution in [0.4, 0.5) is 5.69 Å². The van der Waals surface area contributed by atoms with Gasteiger partial charge in [-0.3, -0.25) is 11.4 Å². The van der Waals surface area contributed by atoms with Crippen molar-refractivity contribution < 1.29 is 28.3 Å². The first kappa shape index (κ1) is 19.5. The van der Waals surface area contributed by atoms with E-state index in [1.54, 1.807) is 23.4 Å². The smallest absolute Gasteiger partial charge is 0.549 e. The third-order valence-electron chi connectivity index (χ3n) is 2.20. The van der Waals surface area contributed by atoms with Gasteiger partial charge in [-0.25, -0.2) is 5.26 Å². The average Bonchev–Trinajstić information content (AvgIpc) is 2.44. The van der Waals surface area contributed by atoms with E-state index in [0.29, 0.717) is 36.8 Å². The van der Waals surface area contributed by atoms with E-state index in [9.17, 15) is 5.26 Å². The molecule has 0 saturated carbocycles. The SMILES string of the molecule is [CH2-]COC[CH-]COc1[c-]ccc(N=CN(C)C)c1C#N.[Li+]. The normalized spacial score (nSPS) is 10.0. The molecule has 0 spiro atoms. The number of benzene rings is 1. The van der Waals surface area contributed by atoms with E-state index in [4.69, 9.17) is 9.47 Å². The summed E-state index contributed by atoms with van der Waals surface area (Å²) in [7, 11) is 3.72. The maximum absolute atomic E-state index is 9.22. The molecule has 0 aliphatic rings. The summed E-state index contributed by atoms with van der Waals surface area (Å²) in [6, 6.07) is 8.41.